The molecule has 0 fully saturated rings. The number of aryl methyl sites for hydroxylation is 1. The molecule has 4 heteroatoms. The average molecular weight is 139 g/mol. The predicted octanol–water partition coefficient (Wildman–Crippen LogP) is 0.618. The summed E-state index contributed by atoms with van der Waals surface area (Å²) < 4.78 is 1.65. The molecular weight excluding hydrogens is 130 g/mol. The van der Waals surface area contributed by atoms with Gasteiger partial charge in [0.15, 0.2) is 0 Å². The van der Waals surface area contributed by atoms with Crippen LogP contribution in [0.2, 0.25) is 0 Å². The Bertz CT molecular complexity index is 251. The molecule has 0 saturated carbocycles. The van der Waals surface area contributed by atoms with Gasteiger partial charge in [-0.05, 0) is 13.0 Å². The lowest BCUT2D eigenvalue weighted by Gasteiger charge is -1.96. The van der Waals surface area contributed by atoms with Crippen LogP contribution < -0.4 is 0 Å². The molecule has 1 aromatic heterocycles. The highest BCUT2D eigenvalue weighted by molar-refractivity contribution is 5.96. The lowest BCUT2D eigenvalue weighted by molar-refractivity contribution is 0.318. The van der Waals surface area contributed by atoms with E-state index in [0.717, 1.165) is 5.69 Å². The van der Waals surface area contributed by atoms with E-state index in [0.29, 0.717) is 5.71 Å². The van der Waals surface area contributed by atoms with E-state index in [9.17, 15) is 0 Å². The summed E-state index contributed by atoms with van der Waals surface area (Å²) >= 11 is 0. The first-order valence-electron chi connectivity index (χ1n) is 2.92. The summed E-state index contributed by atoms with van der Waals surface area (Å²) in [5.74, 6) is 0. The smallest absolute Gasteiger partial charge is 0.102 e. The van der Waals surface area contributed by atoms with Gasteiger partial charge in [0.2, 0.25) is 0 Å². The van der Waals surface area contributed by atoms with Crippen LogP contribution in [-0.2, 0) is 7.05 Å². The number of rotatable bonds is 1. The van der Waals surface area contributed by atoms with Crippen molar-refractivity contribution >= 4 is 5.71 Å². The zero-order valence-electron chi connectivity index (χ0n) is 5.94. The standard InChI is InChI=1S/C6H9N3O/c1-5(8-10)6-3-4-7-9(6)2/h3-4,10H,1-2H3. The zero-order chi connectivity index (χ0) is 7.56. The second kappa shape index (κ2) is 2.51. The molecule has 0 radical (unpaired) electrons. The first-order valence-corrected chi connectivity index (χ1v) is 2.92. The zero-order valence-corrected chi connectivity index (χ0v) is 5.94. The molecule has 54 valence electrons. The van der Waals surface area contributed by atoms with Crippen LogP contribution in [0.25, 0.3) is 0 Å². The third-order valence-corrected chi connectivity index (χ3v) is 1.34. The molecule has 10 heavy (non-hydrogen) atoms. The summed E-state index contributed by atoms with van der Waals surface area (Å²) in [4.78, 5) is 0. The maximum atomic E-state index is 8.38. The van der Waals surface area contributed by atoms with Gasteiger partial charge in [0.1, 0.15) is 5.71 Å². The summed E-state index contributed by atoms with van der Waals surface area (Å²) in [6, 6.07) is 1.79. The van der Waals surface area contributed by atoms with Crippen LogP contribution >= 0.6 is 0 Å². The van der Waals surface area contributed by atoms with E-state index in [-0.39, 0.29) is 0 Å². The summed E-state index contributed by atoms with van der Waals surface area (Å²) in [5, 5.41) is 15.3. The van der Waals surface area contributed by atoms with Gasteiger partial charge in [0.05, 0.1) is 5.69 Å². The summed E-state index contributed by atoms with van der Waals surface area (Å²) in [6.07, 6.45) is 1.66. The van der Waals surface area contributed by atoms with Gasteiger partial charge in [-0.25, -0.2) is 0 Å². The van der Waals surface area contributed by atoms with Gasteiger partial charge in [0.25, 0.3) is 0 Å². The van der Waals surface area contributed by atoms with Crippen molar-refractivity contribution in [3.8, 4) is 0 Å². The van der Waals surface area contributed by atoms with E-state index < -0.39 is 0 Å². The third kappa shape index (κ3) is 1.00. The van der Waals surface area contributed by atoms with Gasteiger partial charge < -0.3 is 5.21 Å². The SMILES string of the molecule is CC(=NO)c1ccnn1C. The molecule has 0 unspecified atom stereocenters. The maximum Gasteiger partial charge on any atom is 0.102 e. The van der Waals surface area contributed by atoms with Crippen LogP contribution in [0.5, 0.6) is 0 Å². The van der Waals surface area contributed by atoms with Crippen LogP contribution in [0, 0.1) is 0 Å². The molecule has 0 aliphatic rings. The lowest BCUT2D eigenvalue weighted by atomic mass is 10.3. The first kappa shape index (κ1) is 6.80. The fourth-order valence-corrected chi connectivity index (χ4v) is 0.780. The molecule has 0 atom stereocenters. The molecule has 0 aliphatic carbocycles. The van der Waals surface area contributed by atoms with Crippen molar-refractivity contribution in [2.45, 2.75) is 6.92 Å². The van der Waals surface area contributed by atoms with E-state index in [1.165, 1.54) is 0 Å². The Morgan fingerprint density at radius 3 is 2.90 bits per heavy atom. The highest BCUT2D eigenvalue weighted by Gasteiger charge is 2.00. The van der Waals surface area contributed by atoms with Gasteiger partial charge in [-0.1, -0.05) is 5.16 Å². The second-order valence-corrected chi connectivity index (χ2v) is 2.03. The molecule has 1 rings (SSSR count). The molecular formula is C6H9N3O. The summed E-state index contributed by atoms with van der Waals surface area (Å²) in [6.45, 7) is 1.72. The molecule has 0 aliphatic heterocycles. The van der Waals surface area contributed by atoms with Gasteiger partial charge in [-0.2, -0.15) is 5.10 Å². The Morgan fingerprint density at radius 1 is 1.80 bits per heavy atom. The molecule has 0 aromatic carbocycles. The van der Waals surface area contributed by atoms with E-state index in [2.05, 4.69) is 10.3 Å². The minimum Gasteiger partial charge on any atom is -0.411 e. The second-order valence-electron chi connectivity index (χ2n) is 2.03. The van der Waals surface area contributed by atoms with Gasteiger partial charge in [-0.3, -0.25) is 4.68 Å². The van der Waals surface area contributed by atoms with Crippen LogP contribution in [0.1, 0.15) is 12.6 Å². The molecule has 4 nitrogen and oxygen atoms in total. The average Bonchev–Trinajstić information content (AvgIpc) is 2.34. The Morgan fingerprint density at radius 2 is 2.50 bits per heavy atom. The van der Waals surface area contributed by atoms with Crippen molar-refractivity contribution in [3.05, 3.63) is 18.0 Å². The van der Waals surface area contributed by atoms with Gasteiger partial charge in [-0.15, -0.1) is 0 Å². The molecule has 1 heterocycles. The maximum absolute atomic E-state index is 8.38. The molecule has 0 spiro atoms. The van der Waals surface area contributed by atoms with E-state index >= 15 is 0 Å². The van der Waals surface area contributed by atoms with Gasteiger partial charge >= 0.3 is 0 Å². The number of oxime groups is 1. The third-order valence-electron chi connectivity index (χ3n) is 1.34. The van der Waals surface area contributed by atoms with Crippen LogP contribution in [-0.4, -0.2) is 20.7 Å². The summed E-state index contributed by atoms with van der Waals surface area (Å²) in [5.41, 5.74) is 1.39. The minimum absolute atomic E-state index is 0.569. The minimum atomic E-state index is 0.569. The van der Waals surface area contributed by atoms with E-state index in [1.54, 1.807) is 30.9 Å². The van der Waals surface area contributed by atoms with Gasteiger partial charge in [0, 0.05) is 13.2 Å². The van der Waals surface area contributed by atoms with E-state index in [4.69, 9.17) is 5.21 Å². The topological polar surface area (TPSA) is 50.4 Å². The monoisotopic (exact) mass is 139 g/mol. The largest absolute Gasteiger partial charge is 0.411 e. The Balaban J connectivity index is 3.05. The Labute approximate surface area is 58.8 Å². The van der Waals surface area contributed by atoms with E-state index in [1.807, 2.05) is 0 Å². The molecule has 0 amide bonds. The fourth-order valence-electron chi connectivity index (χ4n) is 0.780. The molecule has 1 N–H and O–H groups in total. The molecule has 1 aromatic rings. The predicted molar refractivity (Wildman–Crippen MR) is 37.2 cm³/mol. The van der Waals surface area contributed by atoms with Crippen molar-refractivity contribution in [3.63, 3.8) is 0 Å². The van der Waals surface area contributed by atoms with Crippen LogP contribution in [0.15, 0.2) is 17.4 Å². The molecule has 0 bridgehead atoms. The highest BCUT2D eigenvalue weighted by Crippen LogP contribution is 1.97. The molecule has 0 saturated heterocycles. The van der Waals surface area contributed by atoms with Crippen molar-refractivity contribution in [2.75, 3.05) is 0 Å². The quantitative estimate of drug-likeness (QED) is 0.352. The van der Waals surface area contributed by atoms with Crippen LogP contribution in [0.3, 0.4) is 0 Å². The van der Waals surface area contributed by atoms with Crippen LogP contribution in [0.4, 0.5) is 0 Å². The first-order chi connectivity index (χ1) is 4.75. The number of hydrogen-bond acceptors (Lipinski definition) is 3. The number of hydrogen-bond donors (Lipinski definition) is 1. The fraction of sp³-hybridized carbons (Fsp3) is 0.333. The van der Waals surface area contributed by atoms with Crippen molar-refractivity contribution < 1.29 is 5.21 Å². The van der Waals surface area contributed by atoms with Crippen molar-refractivity contribution in [1.82, 2.24) is 9.78 Å². The summed E-state index contributed by atoms with van der Waals surface area (Å²) in [7, 11) is 1.80. The Hall–Kier alpha value is -1.32. The number of aromatic nitrogens is 2. The normalized spacial score (nSPS) is 12.0. The van der Waals surface area contributed by atoms with Crippen molar-refractivity contribution in [1.29, 1.82) is 0 Å². The Kier molecular flexibility index (Phi) is 1.71. The lowest BCUT2D eigenvalue weighted by Crippen LogP contribution is -2.03. The highest BCUT2D eigenvalue weighted by atomic mass is 16.4. The van der Waals surface area contributed by atoms with Crippen molar-refractivity contribution in [2.24, 2.45) is 12.2 Å². The number of nitrogens with zero attached hydrogens (tertiary/aromatic N) is 3.